The van der Waals surface area contributed by atoms with Crippen molar-refractivity contribution in [1.82, 2.24) is 5.32 Å². The van der Waals surface area contributed by atoms with Gasteiger partial charge in [0.15, 0.2) is 18.3 Å². The molecule has 4 aromatic carbocycles. The van der Waals surface area contributed by atoms with E-state index >= 15 is 0 Å². The number of amides is 1. The maximum Gasteiger partial charge on any atom is 0.366 e. The molecule has 2 N–H and O–H groups in total. The minimum absolute atomic E-state index is 0.0118. The topological polar surface area (TPSA) is 289 Å². The van der Waals surface area contributed by atoms with Gasteiger partial charge in [-0.1, -0.05) is 66.7 Å². The van der Waals surface area contributed by atoms with Crippen molar-refractivity contribution in [3.63, 3.8) is 0 Å². The SMILES string of the molecule is COC(=O)[C@@]1(OC[C@H]2O[C@@H](Oc3ccc(OC)cc3)[C@H](OC(=O)c3ccccc3)[C@@H](OC(=O)c3ccccc3)[C@H]2O)C[C@H](OC(C)=O)[C@@H](NC(=O)COCc2ccccc2)[C@H]([C@H](OC(C)=O)[C@@H](COC(C)=O)OC(C)=O)O1. The highest BCUT2D eigenvalue weighted by Crippen LogP contribution is 2.39. The van der Waals surface area contributed by atoms with Gasteiger partial charge in [0, 0.05) is 27.7 Å². The molecule has 0 aromatic heterocycles. The Balaban J connectivity index is 1.43. The van der Waals surface area contributed by atoms with Crippen molar-refractivity contribution in [2.75, 3.05) is 34.0 Å². The van der Waals surface area contributed by atoms with Gasteiger partial charge in [0.25, 0.3) is 5.79 Å². The maximum atomic E-state index is 14.4. The van der Waals surface area contributed by atoms with E-state index in [1.165, 1.54) is 43.5 Å². The second-order valence-corrected chi connectivity index (χ2v) is 17.4. The Bertz CT molecular complexity index is 2640. The predicted octanol–water partition coefficient (Wildman–Crippen LogP) is 3.35. The number of aliphatic hydroxyl groups is 1. The second-order valence-electron chi connectivity index (χ2n) is 17.4. The summed E-state index contributed by atoms with van der Waals surface area (Å²) in [5.74, 6) is -10.2. The predicted molar refractivity (Wildman–Crippen MR) is 261 cm³/mol. The first-order valence-corrected chi connectivity index (χ1v) is 24.0. The lowest BCUT2D eigenvalue weighted by molar-refractivity contribution is -0.333. The lowest BCUT2D eigenvalue weighted by Crippen LogP contribution is -2.70. The molecule has 0 saturated carbocycles. The third-order valence-corrected chi connectivity index (χ3v) is 11.7. The van der Waals surface area contributed by atoms with Gasteiger partial charge >= 0.3 is 41.8 Å². The summed E-state index contributed by atoms with van der Waals surface area (Å²) in [7, 11) is 2.40. The van der Waals surface area contributed by atoms with Crippen LogP contribution in [0.2, 0.25) is 0 Å². The molecule has 0 radical (unpaired) electrons. The van der Waals surface area contributed by atoms with Crippen LogP contribution >= 0.6 is 0 Å². The number of benzene rings is 4. The molecular weight excluding hydrogens is 1010 g/mol. The average molecular weight is 1070 g/mol. The fourth-order valence-corrected chi connectivity index (χ4v) is 8.30. The van der Waals surface area contributed by atoms with E-state index in [0.717, 1.165) is 40.4 Å². The first kappa shape index (κ1) is 58.3. The molecule has 0 spiro atoms. The molecule has 0 bridgehead atoms. The van der Waals surface area contributed by atoms with Crippen LogP contribution in [-0.2, 0) is 87.5 Å². The summed E-state index contributed by atoms with van der Waals surface area (Å²) in [4.78, 5) is 107. The molecule has 1 amide bonds. The van der Waals surface area contributed by atoms with E-state index in [0.29, 0.717) is 5.75 Å². The average Bonchev–Trinajstić information content (AvgIpc) is 3.42. The Morgan fingerprint density at radius 3 is 1.81 bits per heavy atom. The van der Waals surface area contributed by atoms with Crippen LogP contribution in [0.15, 0.2) is 115 Å². The number of carbonyl (C=O) groups is 8. The van der Waals surface area contributed by atoms with Crippen molar-refractivity contribution < 1.29 is 105 Å². The van der Waals surface area contributed by atoms with Crippen molar-refractivity contribution in [3.05, 3.63) is 132 Å². The smallest absolute Gasteiger partial charge is 0.366 e. The zero-order chi connectivity index (χ0) is 55.6. The monoisotopic (exact) mass is 1070 g/mol. The molecule has 2 aliphatic heterocycles. The van der Waals surface area contributed by atoms with E-state index in [1.807, 2.05) is 0 Å². The Kier molecular flexibility index (Phi) is 21.0. The summed E-state index contributed by atoms with van der Waals surface area (Å²) in [6.07, 6.45) is -17.2. The van der Waals surface area contributed by atoms with E-state index < -0.39 is 141 Å². The van der Waals surface area contributed by atoms with Gasteiger partial charge in [0.2, 0.25) is 18.3 Å². The fourth-order valence-electron chi connectivity index (χ4n) is 8.30. The molecule has 2 aliphatic rings. The van der Waals surface area contributed by atoms with Crippen LogP contribution in [0.4, 0.5) is 0 Å². The molecule has 412 valence electrons. The molecule has 0 unspecified atom stereocenters. The number of rotatable bonds is 23. The number of methoxy groups -OCH3 is 2. The van der Waals surface area contributed by atoms with Crippen molar-refractivity contribution in [3.8, 4) is 11.5 Å². The zero-order valence-electron chi connectivity index (χ0n) is 42.8. The Morgan fingerprint density at radius 1 is 0.688 bits per heavy atom. The number of nitrogens with one attached hydrogen (secondary N) is 1. The Hall–Kier alpha value is -7.96. The molecule has 2 heterocycles. The third kappa shape index (κ3) is 16.3. The minimum atomic E-state index is -2.81. The largest absolute Gasteiger partial charge is 0.497 e. The number of hydrogen-bond acceptors (Lipinski definition) is 22. The number of carbonyl (C=O) groups excluding carboxylic acids is 8. The van der Waals surface area contributed by atoms with E-state index in [-0.39, 0.29) is 23.5 Å². The van der Waals surface area contributed by atoms with Crippen LogP contribution in [0.25, 0.3) is 0 Å². The zero-order valence-corrected chi connectivity index (χ0v) is 42.8. The minimum Gasteiger partial charge on any atom is -0.497 e. The van der Waals surface area contributed by atoms with Gasteiger partial charge in [0.05, 0.1) is 51.0 Å². The van der Waals surface area contributed by atoms with Crippen LogP contribution < -0.4 is 14.8 Å². The van der Waals surface area contributed by atoms with E-state index in [9.17, 15) is 43.5 Å². The van der Waals surface area contributed by atoms with Gasteiger partial charge in [0.1, 0.15) is 49.1 Å². The molecular formula is C54H59NO22. The second kappa shape index (κ2) is 27.7. The highest BCUT2D eigenvalue weighted by atomic mass is 16.8. The van der Waals surface area contributed by atoms with E-state index in [4.69, 9.17) is 61.6 Å². The summed E-state index contributed by atoms with van der Waals surface area (Å²) in [5.41, 5.74) is 0.826. The Morgan fingerprint density at radius 2 is 1.26 bits per heavy atom. The highest BCUT2D eigenvalue weighted by molar-refractivity contribution is 5.90. The molecule has 6 rings (SSSR count). The van der Waals surface area contributed by atoms with Gasteiger partial charge in [-0.3, -0.25) is 24.0 Å². The summed E-state index contributed by atoms with van der Waals surface area (Å²) in [5, 5.41) is 15.0. The van der Waals surface area contributed by atoms with Crippen LogP contribution in [0.5, 0.6) is 11.5 Å². The molecule has 2 saturated heterocycles. The lowest BCUT2D eigenvalue weighted by Gasteiger charge is -2.49. The number of ether oxygens (including phenoxy) is 13. The van der Waals surface area contributed by atoms with E-state index in [1.54, 1.807) is 78.9 Å². The fraction of sp³-hybridized carbons (Fsp3) is 0.407. The first-order chi connectivity index (χ1) is 36.9. The molecule has 11 atom stereocenters. The van der Waals surface area contributed by atoms with Crippen LogP contribution in [0, 0.1) is 0 Å². The van der Waals surface area contributed by atoms with Crippen LogP contribution in [0.1, 0.15) is 60.4 Å². The molecule has 23 heteroatoms. The standard InChI is InChI=1S/C54H59NO22/c1-31(56)68-28-42(71-33(3)58)46(72-34(4)59)47-44(55-43(60)30-67-27-35-16-10-7-11-17-35)40(70-32(2)57)26-54(77-47,53(64)66-6)69-29-41-45(61)48(75-50(62)36-18-12-8-13-19-36)49(76-51(63)37-20-14-9-15-21-37)52(74-41)73-39-24-22-38(65-5)23-25-39/h7-25,40-42,44-49,52,61H,26-30H2,1-6H3,(H,55,60)/t40-,41+,42+,44+,45-,46+,47+,48-,49+,52+,54+/m0/s1. The van der Waals surface area contributed by atoms with Crippen molar-refractivity contribution in [1.29, 1.82) is 0 Å². The summed E-state index contributed by atoms with van der Waals surface area (Å²) in [6.45, 7) is 1.72. The van der Waals surface area contributed by atoms with Gasteiger partial charge in [-0.2, -0.15) is 0 Å². The van der Waals surface area contributed by atoms with Gasteiger partial charge in [-0.15, -0.1) is 0 Å². The summed E-state index contributed by atoms with van der Waals surface area (Å²) < 4.78 is 75.7. The summed E-state index contributed by atoms with van der Waals surface area (Å²) >= 11 is 0. The first-order valence-electron chi connectivity index (χ1n) is 24.0. The third-order valence-electron chi connectivity index (χ3n) is 11.7. The molecule has 2 fully saturated rings. The summed E-state index contributed by atoms with van der Waals surface area (Å²) in [6, 6.07) is 28.7. The normalized spacial score (nSPS) is 23.5. The quantitative estimate of drug-likeness (QED) is 0.0795. The molecule has 4 aromatic rings. The lowest BCUT2D eigenvalue weighted by atomic mass is 9.87. The van der Waals surface area contributed by atoms with Crippen molar-refractivity contribution in [2.24, 2.45) is 0 Å². The maximum absolute atomic E-state index is 14.4. The van der Waals surface area contributed by atoms with Gasteiger partial charge < -0.3 is 72.0 Å². The van der Waals surface area contributed by atoms with Crippen LogP contribution in [-0.4, -0.2) is 154 Å². The van der Waals surface area contributed by atoms with Crippen LogP contribution in [0.3, 0.4) is 0 Å². The van der Waals surface area contributed by atoms with Crippen molar-refractivity contribution >= 4 is 47.7 Å². The van der Waals surface area contributed by atoms with Gasteiger partial charge in [-0.05, 0) is 54.1 Å². The molecule has 23 nitrogen and oxygen atoms in total. The van der Waals surface area contributed by atoms with E-state index in [2.05, 4.69) is 5.32 Å². The highest BCUT2D eigenvalue weighted by Gasteiger charge is 2.60. The molecule has 0 aliphatic carbocycles. The number of aliphatic hydroxyl groups excluding tert-OH is 1. The van der Waals surface area contributed by atoms with Crippen molar-refractivity contribution in [2.45, 2.75) is 108 Å². The van der Waals surface area contributed by atoms with Gasteiger partial charge in [-0.25, -0.2) is 14.4 Å². The number of esters is 7. The Labute approximate surface area is 442 Å². The number of hydrogen-bond donors (Lipinski definition) is 2. The molecule has 77 heavy (non-hydrogen) atoms.